The van der Waals surface area contributed by atoms with E-state index in [1.165, 1.54) is 36.0 Å². The lowest BCUT2D eigenvalue weighted by atomic mass is 10.2. The molecule has 0 saturated carbocycles. The van der Waals surface area contributed by atoms with Gasteiger partial charge in [0.25, 0.3) is 0 Å². The fourth-order valence-corrected chi connectivity index (χ4v) is 2.69. The maximum atomic E-state index is 13.5. The number of rotatable bonds is 4. The molecule has 0 bridgehead atoms. The van der Waals surface area contributed by atoms with Crippen LogP contribution in [0.5, 0.6) is 0 Å². The van der Waals surface area contributed by atoms with E-state index in [0.717, 1.165) is 6.07 Å². The fourth-order valence-electron chi connectivity index (χ4n) is 1.58. The third-order valence-electron chi connectivity index (χ3n) is 2.59. The van der Waals surface area contributed by atoms with Gasteiger partial charge in [0.2, 0.25) is 0 Å². The van der Waals surface area contributed by atoms with Gasteiger partial charge in [-0.3, -0.25) is 0 Å². The number of carboxylic acids is 1. The lowest BCUT2D eigenvalue weighted by Crippen LogP contribution is -1.97. The van der Waals surface area contributed by atoms with Crippen LogP contribution in [0.25, 0.3) is 0 Å². The van der Waals surface area contributed by atoms with Gasteiger partial charge in [0.1, 0.15) is 0 Å². The summed E-state index contributed by atoms with van der Waals surface area (Å²) in [6, 6.07) is 8.48. The normalized spacial score (nSPS) is 10.6. The number of carbonyl (C=O) groups is 1. The molecule has 0 aliphatic carbocycles. The summed E-state index contributed by atoms with van der Waals surface area (Å²) in [6.07, 6.45) is 0. The van der Waals surface area contributed by atoms with Crippen molar-refractivity contribution in [3.05, 3.63) is 64.2 Å². The van der Waals surface area contributed by atoms with Gasteiger partial charge in [-0.2, -0.15) is 0 Å². The van der Waals surface area contributed by atoms with E-state index < -0.39 is 17.6 Å². The monoisotopic (exact) mass is 314 g/mol. The minimum absolute atomic E-state index is 0.0172. The van der Waals surface area contributed by atoms with Crippen molar-refractivity contribution in [3.8, 4) is 0 Å². The SMILES string of the molecule is O=C(O)c1cc(SCc2cccc(F)c2F)ccc1Cl. The Morgan fingerprint density at radius 1 is 1.25 bits per heavy atom. The smallest absolute Gasteiger partial charge is 0.337 e. The molecule has 0 spiro atoms. The molecular formula is C14H9ClF2O2S. The van der Waals surface area contributed by atoms with Crippen molar-refractivity contribution in [1.82, 2.24) is 0 Å². The first-order valence-electron chi connectivity index (χ1n) is 5.57. The lowest BCUT2D eigenvalue weighted by molar-refractivity contribution is 0.0697. The molecule has 0 saturated heterocycles. The number of hydrogen-bond donors (Lipinski definition) is 1. The average Bonchev–Trinajstić information content (AvgIpc) is 2.41. The van der Waals surface area contributed by atoms with Gasteiger partial charge < -0.3 is 5.11 Å². The number of benzene rings is 2. The molecule has 2 rings (SSSR count). The summed E-state index contributed by atoms with van der Waals surface area (Å²) in [4.78, 5) is 11.6. The second kappa shape index (κ2) is 6.24. The molecule has 20 heavy (non-hydrogen) atoms. The zero-order valence-corrected chi connectivity index (χ0v) is 11.6. The zero-order chi connectivity index (χ0) is 14.7. The van der Waals surface area contributed by atoms with Crippen LogP contribution in [0.15, 0.2) is 41.3 Å². The van der Waals surface area contributed by atoms with E-state index >= 15 is 0 Å². The number of halogens is 3. The highest BCUT2D eigenvalue weighted by molar-refractivity contribution is 7.98. The van der Waals surface area contributed by atoms with Crippen LogP contribution in [0.4, 0.5) is 8.78 Å². The van der Waals surface area contributed by atoms with Gasteiger partial charge in [0.05, 0.1) is 10.6 Å². The van der Waals surface area contributed by atoms with Crippen LogP contribution in [-0.2, 0) is 5.75 Å². The van der Waals surface area contributed by atoms with E-state index in [9.17, 15) is 13.6 Å². The topological polar surface area (TPSA) is 37.3 Å². The first-order chi connectivity index (χ1) is 9.49. The van der Waals surface area contributed by atoms with E-state index in [1.807, 2.05) is 0 Å². The maximum absolute atomic E-state index is 13.5. The van der Waals surface area contributed by atoms with E-state index in [2.05, 4.69) is 0 Å². The number of carboxylic acid groups (broad SMARTS) is 1. The Labute approximate surface area is 123 Å². The van der Waals surface area contributed by atoms with E-state index in [-0.39, 0.29) is 21.9 Å². The Hall–Kier alpha value is -1.59. The van der Waals surface area contributed by atoms with Gasteiger partial charge in [0.15, 0.2) is 11.6 Å². The van der Waals surface area contributed by atoms with E-state index in [4.69, 9.17) is 16.7 Å². The molecular weight excluding hydrogens is 306 g/mol. The number of thioether (sulfide) groups is 1. The second-order valence-corrected chi connectivity index (χ2v) is 5.40. The lowest BCUT2D eigenvalue weighted by Gasteiger charge is -2.06. The molecule has 0 aliphatic heterocycles. The molecule has 0 radical (unpaired) electrons. The minimum Gasteiger partial charge on any atom is -0.478 e. The zero-order valence-electron chi connectivity index (χ0n) is 10.1. The quantitative estimate of drug-likeness (QED) is 0.837. The Kier molecular flexibility index (Phi) is 4.62. The number of aromatic carboxylic acids is 1. The van der Waals surface area contributed by atoms with Crippen molar-refractivity contribution < 1.29 is 18.7 Å². The average molecular weight is 315 g/mol. The predicted octanol–water partition coefficient (Wildman–Crippen LogP) is 4.61. The molecule has 0 amide bonds. The Bertz CT molecular complexity index is 662. The van der Waals surface area contributed by atoms with Gasteiger partial charge in [0, 0.05) is 16.2 Å². The summed E-state index contributed by atoms with van der Waals surface area (Å²) in [7, 11) is 0. The first kappa shape index (κ1) is 14.8. The summed E-state index contributed by atoms with van der Waals surface area (Å²) in [5, 5.41) is 9.09. The van der Waals surface area contributed by atoms with Crippen LogP contribution in [0.1, 0.15) is 15.9 Å². The number of hydrogen-bond acceptors (Lipinski definition) is 2. The summed E-state index contributed by atoms with van der Waals surface area (Å²) in [5.74, 6) is -2.71. The van der Waals surface area contributed by atoms with Crippen LogP contribution in [0, 0.1) is 11.6 Å². The summed E-state index contributed by atoms with van der Waals surface area (Å²) in [6.45, 7) is 0. The third-order valence-corrected chi connectivity index (χ3v) is 3.97. The van der Waals surface area contributed by atoms with Crippen LogP contribution in [0.2, 0.25) is 5.02 Å². The largest absolute Gasteiger partial charge is 0.478 e. The molecule has 2 aromatic carbocycles. The highest BCUT2D eigenvalue weighted by atomic mass is 35.5. The van der Waals surface area contributed by atoms with Crippen LogP contribution in [-0.4, -0.2) is 11.1 Å². The maximum Gasteiger partial charge on any atom is 0.337 e. The summed E-state index contributed by atoms with van der Waals surface area (Å²) in [5.41, 5.74) is 0.207. The van der Waals surface area contributed by atoms with Gasteiger partial charge in [-0.1, -0.05) is 23.7 Å². The van der Waals surface area contributed by atoms with Crippen molar-refractivity contribution in [2.45, 2.75) is 10.6 Å². The van der Waals surface area contributed by atoms with Crippen molar-refractivity contribution >= 4 is 29.3 Å². The van der Waals surface area contributed by atoms with Crippen molar-refractivity contribution in [1.29, 1.82) is 0 Å². The van der Waals surface area contributed by atoms with Crippen molar-refractivity contribution in [2.75, 3.05) is 0 Å². The third kappa shape index (κ3) is 3.29. The minimum atomic E-state index is -1.13. The fraction of sp³-hybridized carbons (Fsp3) is 0.0714. The molecule has 0 heterocycles. The molecule has 0 aromatic heterocycles. The predicted molar refractivity (Wildman–Crippen MR) is 74.3 cm³/mol. The molecule has 0 unspecified atom stereocenters. The molecule has 1 N–H and O–H groups in total. The summed E-state index contributed by atoms with van der Waals surface area (Å²) >= 11 is 6.96. The van der Waals surface area contributed by atoms with Gasteiger partial charge in [-0.25, -0.2) is 13.6 Å². The van der Waals surface area contributed by atoms with Gasteiger partial charge >= 0.3 is 5.97 Å². The Morgan fingerprint density at radius 2 is 2.00 bits per heavy atom. The highest BCUT2D eigenvalue weighted by Crippen LogP contribution is 2.28. The molecule has 0 atom stereocenters. The standard InChI is InChI=1S/C14H9ClF2O2S/c15-11-5-4-9(6-10(11)14(18)19)20-7-8-2-1-3-12(16)13(8)17/h1-6H,7H2,(H,18,19). The Balaban J connectivity index is 2.17. The molecule has 0 fully saturated rings. The first-order valence-corrected chi connectivity index (χ1v) is 6.94. The molecule has 0 aliphatic rings. The molecule has 104 valence electrons. The van der Waals surface area contributed by atoms with Crippen LogP contribution in [0.3, 0.4) is 0 Å². The van der Waals surface area contributed by atoms with E-state index in [1.54, 1.807) is 6.07 Å². The Morgan fingerprint density at radius 3 is 2.70 bits per heavy atom. The second-order valence-electron chi connectivity index (χ2n) is 3.95. The van der Waals surface area contributed by atoms with Crippen LogP contribution < -0.4 is 0 Å². The van der Waals surface area contributed by atoms with E-state index in [0.29, 0.717) is 4.90 Å². The molecule has 2 nitrogen and oxygen atoms in total. The van der Waals surface area contributed by atoms with Gasteiger partial charge in [-0.15, -0.1) is 11.8 Å². The van der Waals surface area contributed by atoms with Gasteiger partial charge in [-0.05, 0) is 24.3 Å². The summed E-state index contributed by atoms with van der Waals surface area (Å²) < 4.78 is 26.5. The van der Waals surface area contributed by atoms with Crippen molar-refractivity contribution in [2.24, 2.45) is 0 Å². The van der Waals surface area contributed by atoms with Crippen LogP contribution >= 0.6 is 23.4 Å². The highest BCUT2D eigenvalue weighted by Gasteiger charge is 2.11. The molecule has 6 heteroatoms. The molecule has 2 aromatic rings. The van der Waals surface area contributed by atoms with Crippen molar-refractivity contribution in [3.63, 3.8) is 0 Å².